The van der Waals surface area contributed by atoms with Crippen LogP contribution in [-0.4, -0.2) is 43.9 Å². The number of halogens is 4. The van der Waals surface area contributed by atoms with Crippen molar-refractivity contribution < 1.29 is 17.9 Å². The molecule has 0 radical (unpaired) electrons. The highest BCUT2D eigenvalue weighted by atomic mass is 127. The molecule has 1 saturated heterocycles. The van der Waals surface area contributed by atoms with Gasteiger partial charge in [0, 0.05) is 45.0 Å². The Hall–Kier alpha value is -2.24. The molecule has 10 heteroatoms. The largest absolute Gasteiger partial charge is 0.484 e. The number of aromatic nitrogens is 1. The van der Waals surface area contributed by atoms with E-state index in [-0.39, 0.29) is 36.3 Å². The molecule has 1 aromatic carbocycles. The van der Waals surface area contributed by atoms with Crippen LogP contribution in [0.3, 0.4) is 0 Å². The molecule has 1 fully saturated rings. The Bertz CT molecular complexity index is 901. The summed E-state index contributed by atoms with van der Waals surface area (Å²) in [5.74, 6) is 1.73. The lowest BCUT2D eigenvalue weighted by Gasteiger charge is -2.18. The topological polar surface area (TPSA) is 61.8 Å². The van der Waals surface area contributed by atoms with Gasteiger partial charge in [-0.05, 0) is 49.1 Å². The maximum Gasteiger partial charge on any atom is 0.422 e. The number of rotatable bonds is 7. The molecule has 32 heavy (non-hydrogen) atoms. The normalized spacial score (nSPS) is 14.2. The van der Waals surface area contributed by atoms with Gasteiger partial charge in [0.2, 0.25) is 0 Å². The highest BCUT2D eigenvalue weighted by Crippen LogP contribution is 2.24. The number of benzene rings is 1. The molecule has 0 spiro atoms. The van der Waals surface area contributed by atoms with E-state index in [1.54, 1.807) is 25.4 Å². The van der Waals surface area contributed by atoms with Crippen molar-refractivity contribution in [1.29, 1.82) is 0 Å². The van der Waals surface area contributed by atoms with Crippen molar-refractivity contribution in [2.24, 2.45) is 4.99 Å². The van der Waals surface area contributed by atoms with Crippen molar-refractivity contribution >= 4 is 35.8 Å². The summed E-state index contributed by atoms with van der Waals surface area (Å²) >= 11 is 0. The summed E-state index contributed by atoms with van der Waals surface area (Å²) in [7, 11) is 1.65. The number of nitrogens with one attached hydrogen (secondary N) is 2. The van der Waals surface area contributed by atoms with E-state index >= 15 is 0 Å². The van der Waals surface area contributed by atoms with Crippen molar-refractivity contribution in [3.05, 3.63) is 53.2 Å². The quantitative estimate of drug-likeness (QED) is 0.297. The number of pyridine rings is 1. The summed E-state index contributed by atoms with van der Waals surface area (Å²) in [6, 6.07) is 9.21. The van der Waals surface area contributed by atoms with Crippen molar-refractivity contribution in [2.75, 3.05) is 31.6 Å². The van der Waals surface area contributed by atoms with E-state index in [9.17, 15) is 13.2 Å². The number of guanidine groups is 1. The van der Waals surface area contributed by atoms with Gasteiger partial charge in [-0.25, -0.2) is 4.98 Å². The summed E-state index contributed by atoms with van der Waals surface area (Å²) in [5, 5.41) is 6.37. The smallest absolute Gasteiger partial charge is 0.422 e. The van der Waals surface area contributed by atoms with Crippen LogP contribution in [0.2, 0.25) is 0 Å². The average molecular weight is 563 g/mol. The van der Waals surface area contributed by atoms with Crippen LogP contribution in [0, 0.1) is 6.92 Å². The number of hydrogen-bond acceptors (Lipinski definition) is 4. The van der Waals surface area contributed by atoms with E-state index in [4.69, 9.17) is 4.74 Å². The minimum Gasteiger partial charge on any atom is -0.484 e. The lowest BCUT2D eigenvalue weighted by molar-refractivity contribution is -0.153. The molecule has 0 amide bonds. The summed E-state index contributed by atoms with van der Waals surface area (Å²) in [6.07, 6.45) is -0.204. The molecule has 0 saturated carbocycles. The standard InChI is InChI=1S/C22H28F3N5O.HI/c1-16-5-6-18(19(11-16)31-15-22(23,24)25)14-29-21(26-2)28-13-17-7-8-27-20(12-17)30-9-3-4-10-30;/h5-8,11-12H,3-4,9-10,13-15H2,1-2H3,(H2,26,28,29);1H. The van der Waals surface area contributed by atoms with E-state index < -0.39 is 12.8 Å². The fraction of sp³-hybridized carbons (Fsp3) is 0.455. The lowest BCUT2D eigenvalue weighted by atomic mass is 10.1. The first kappa shape index (κ1) is 26.0. The third kappa shape index (κ3) is 8.03. The molecule has 1 aliphatic rings. The highest BCUT2D eigenvalue weighted by molar-refractivity contribution is 14.0. The van der Waals surface area contributed by atoms with Crippen molar-refractivity contribution in [2.45, 2.75) is 39.0 Å². The van der Waals surface area contributed by atoms with Crippen LogP contribution < -0.4 is 20.3 Å². The van der Waals surface area contributed by atoms with Crippen LogP contribution in [0.4, 0.5) is 19.0 Å². The zero-order chi connectivity index (χ0) is 22.3. The molecule has 2 N–H and O–H groups in total. The van der Waals surface area contributed by atoms with Gasteiger partial charge in [-0.3, -0.25) is 4.99 Å². The summed E-state index contributed by atoms with van der Waals surface area (Å²) < 4.78 is 42.7. The number of anilines is 1. The SMILES string of the molecule is CN=C(NCc1ccnc(N2CCCC2)c1)NCc1ccc(C)cc1OCC(F)(F)F.I. The first-order valence-electron chi connectivity index (χ1n) is 10.3. The third-order valence-corrected chi connectivity index (χ3v) is 4.98. The zero-order valence-corrected chi connectivity index (χ0v) is 20.5. The predicted molar refractivity (Wildman–Crippen MR) is 131 cm³/mol. The van der Waals surface area contributed by atoms with Crippen molar-refractivity contribution in [3.8, 4) is 5.75 Å². The molecule has 0 bridgehead atoms. The second kappa shape index (κ2) is 12.1. The summed E-state index contributed by atoms with van der Waals surface area (Å²) in [5.41, 5.74) is 2.53. The number of aliphatic imine (C=N–C) groups is 1. The summed E-state index contributed by atoms with van der Waals surface area (Å²) in [6.45, 7) is 3.38. The number of aryl methyl sites for hydroxylation is 1. The van der Waals surface area contributed by atoms with Gasteiger partial charge >= 0.3 is 6.18 Å². The zero-order valence-electron chi connectivity index (χ0n) is 18.2. The Labute approximate surface area is 203 Å². The van der Waals surface area contributed by atoms with Gasteiger partial charge in [-0.2, -0.15) is 13.2 Å². The van der Waals surface area contributed by atoms with Crippen LogP contribution in [-0.2, 0) is 13.1 Å². The number of ether oxygens (including phenoxy) is 1. The molecular formula is C22H29F3IN5O. The van der Waals surface area contributed by atoms with Crippen LogP contribution in [0.25, 0.3) is 0 Å². The van der Waals surface area contributed by atoms with Gasteiger partial charge in [-0.15, -0.1) is 24.0 Å². The van der Waals surface area contributed by atoms with Gasteiger partial charge < -0.3 is 20.3 Å². The van der Waals surface area contributed by atoms with Crippen molar-refractivity contribution in [3.63, 3.8) is 0 Å². The first-order chi connectivity index (χ1) is 14.8. The fourth-order valence-corrected chi connectivity index (χ4v) is 3.38. The van der Waals surface area contributed by atoms with Gasteiger partial charge in [-0.1, -0.05) is 12.1 Å². The second-order valence-corrected chi connectivity index (χ2v) is 7.51. The van der Waals surface area contributed by atoms with Crippen LogP contribution in [0.1, 0.15) is 29.5 Å². The van der Waals surface area contributed by atoms with E-state index in [1.165, 1.54) is 12.8 Å². The van der Waals surface area contributed by atoms with E-state index in [1.807, 2.05) is 19.1 Å². The average Bonchev–Trinajstić information content (AvgIpc) is 3.28. The van der Waals surface area contributed by atoms with Crippen LogP contribution >= 0.6 is 24.0 Å². The molecule has 1 aliphatic heterocycles. The Kier molecular flexibility index (Phi) is 9.85. The third-order valence-electron chi connectivity index (χ3n) is 4.98. The maximum absolute atomic E-state index is 12.6. The molecule has 2 aromatic rings. The number of nitrogens with zero attached hydrogens (tertiary/aromatic N) is 3. The van der Waals surface area contributed by atoms with E-state index in [2.05, 4.69) is 31.6 Å². The highest BCUT2D eigenvalue weighted by Gasteiger charge is 2.28. The number of hydrogen-bond donors (Lipinski definition) is 2. The predicted octanol–water partition coefficient (Wildman–Crippen LogP) is 4.41. The van der Waals surface area contributed by atoms with Gasteiger partial charge in [0.25, 0.3) is 0 Å². The van der Waals surface area contributed by atoms with Gasteiger partial charge in [0.1, 0.15) is 11.6 Å². The Balaban J connectivity index is 0.00000363. The first-order valence-corrected chi connectivity index (χ1v) is 10.3. The van der Waals surface area contributed by atoms with Crippen molar-refractivity contribution in [1.82, 2.24) is 15.6 Å². The Morgan fingerprint density at radius 1 is 1.12 bits per heavy atom. The molecule has 6 nitrogen and oxygen atoms in total. The van der Waals surface area contributed by atoms with Gasteiger partial charge in [0.15, 0.2) is 12.6 Å². The Morgan fingerprint density at radius 2 is 1.84 bits per heavy atom. The molecule has 176 valence electrons. The molecule has 0 aliphatic carbocycles. The fourth-order valence-electron chi connectivity index (χ4n) is 3.38. The molecular weight excluding hydrogens is 534 g/mol. The Morgan fingerprint density at radius 3 is 2.53 bits per heavy atom. The lowest BCUT2D eigenvalue weighted by Crippen LogP contribution is -2.36. The minimum absolute atomic E-state index is 0. The van der Waals surface area contributed by atoms with E-state index in [0.29, 0.717) is 18.1 Å². The maximum atomic E-state index is 12.6. The molecule has 2 heterocycles. The van der Waals surface area contributed by atoms with Crippen LogP contribution in [0.5, 0.6) is 5.75 Å². The monoisotopic (exact) mass is 563 g/mol. The summed E-state index contributed by atoms with van der Waals surface area (Å²) in [4.78, 5) is 10.9. The molecule has 0 unspecified atom stereocenters. The van der Waals surface area contributed by atoms with Crippen LogP contribution in [0.15, 0.2) is 41.5 Å². The second-order valence-electron chi connectivity index (χ2n) is 7.51. The van der Waals surface area contributed by atoms with E-state index in [0.717, 1.165) is 30.0 Å². The molecule has 0 atom stereocenters. The van der Waals surface area contributed by atoms with Gasteiger partial charge in [0.05, 0.1) is 0 Å². The molecule has 3 rings (SSSR count). The molecule has 1 aromatic heterocycles. The number of alkyl halides is 3. The minimum atomic E-state index is -4.38.